The highest BCUT2D eigenvalue weighted by molar-refractivity contribution is 7.98. The monoisotopic (exact) mass is 662 g/mol. The number of carbonyl (C=O) groups excluding carboxylic acids is 1. The SMILES string of the molecule is CSc1nc2c(c(N3[C@@H](C)CN(C(=O)OC(C)(C)C)C[C@@H]3C)n1)CC(C)C(c1cc(O[Si](C)(C)C(C)(C)C)cc3ccccc13)C2. The van der Waals surface area contributed by atoms with E-state index in [2.05, 4.69) is 102 Å². The van der Waals surface area contributed by atoms with Crippen LogP contribution in [0.1, 0.15) is 85.1 Å². The van der Waals surface area contributed by atoms with Crippen molar-refractivity contribution >= 4 is 42.8 Å². The second-order valence-electron chi connectivity index (χ2n) is 16.0. The Labute approximate surface area is 282 Å². The molecule has 7 nitrogen and oxygen atoms in total. The highest BCUT2D eigenvalue weighted by Gasteiger charge is 2.41. The third-order valence-electron chi connectivity index (χ3n) is 10.1. The van der Waals surface area contributed by atoms with Crippen LogP contribution < -0.4 is 9.33 Å². The number of nitrogens with zero attached hydrogens (tertiary/aromatic N) is 4. The predicted octanol–water partition coefficient (Wildman–Crippen LogP) is 9.09. The fraction of sp³-hybridized carbons (Fsp3) is 0.595. The number of anilines is 1. The van der Waals surface area contributed by atoms with Crippen molar-refractivity contribution in [2.24, 2.45) is 5.92 Å². The first-order valence-corrected chi connectivity index (χ1v) is 20.9. The maximum absolute atomic E-state index is 13.0. The number of benzene rings is 2. The zero-order valence-electron chi connectivity index (χ0n) is 30.0. The van der Waals surface area contributed by atoms with Gasteiger partial charge in [-0.25, -0.2) is 14.8 Å². The van der Waals surface area contributed by atoms with Crippen molar-refractivity contribution in [3.05, 3.63) is 53.2 Å². The van der Waals surface area contributed by atoms with E-state index in [1.54, 1.807) is 11.8 Å². The minimum Gasteiger partial charge on any atom is -0.543 e. The second kappa shape index (κ2) is 12.7. The van der Waals surface area contributed by atoms with Gasteiger partial charge in [0.25, 0.3) is 0 Å². The minimum atomic E-state index is -2.02. The molecule has 0 saturated carbocycles. The second-order valence-corrected chi connectivity index (χ2v) is 21.5. The van der Waals surface area contributed by atoms with Crippen LogP contribution in [0.5, 0.6) is 5.75 Å². The zero-order valence-corrected chi connectivity index (χ0v) is 31.8. The molecule has 1 aliphatic carbocycles. The van der Waals surface area contributed by atoms with Crippen LogP contribution >= 0.6 is 11.8 Å². The summed E-state index contributed by atoms with van der Waals surface area (Å²) in [6.07, 6.45) is 3.56. The average molecular weight is 663 g/mol. The lowest BCUT2D eigenvalue weighted by Crippen LogP contribution is -2.59. The van der Waals surface area contributed by atoms with Crippen molar-refractivity contribution in [2.75, 3.05) is 24.2 Å². The van der Waals surface area contributed by atoms with Crippen LogP contribution in [0.4, 0.5) is 10.6 Å². The molecule has 1 fully saturated rings. The van der Waals surface area contributed by atoms with E-state index in [0.29, 0.717) is 24.9 Å². The van der Waals surface area contributed by atoms with Gasteiger partial charge in [-0.05, 0) is 112 Å². The normalized spacial score (nSPS) is 22.5. The summed E-state index contributed by atoms with van der Waals surface area (Å²) in [6, 6.07) is 13.5. The molecule has 0 spiro atoms. The number of piperazine rings is 1. The number of thioether (sulfide) groups is 1. The van der Waals surface area contributed by atoms with Gasteiger partial charge in [-0.3, -0.25) is 0 Å². The van der Waals surface area contributed by atoms with Crippen LogP contribution in [-0.4, -0.2) is 66.3 Å². The molecule has 250 valence electrons. The summed E-state index contributed by atoms with van der Waals surface area (Å²) in [4.78, 5) is 27.6. The summed E-state index contributed by atoms with van der Waals surface area (Å²) in [5.41, 5.74) is 3.23. The van der Waals surface area contributed by atoms with Crippen LogP contribution in [0.2, 0.25) is 18.1 Å². The van der Waals surface area contributed by atoms with Crippen molar-refractivity contribution in [3.63, 3.8) is 0 Å². The molecule has 2 unspecified atom stereocenters. The van der Waals surface area contributed by atoms with Gasteiger partial charge >= 0.3 is 6.09 Å². The van der Waals surface area contributed by atoms with Gasteiger partial charge in [0.05, 0.1) is 5.69 Å². The quantitative estimate of drug-likeness (QED) is 0.153. The highest BCUT2D eigenvalue weighted by Crippen LogP contribution is 2.45. The molecule has 0 radical (unpaired) electrons. The van der Waals surface area contributed by atoms with Crippen LogP contribution in [0.3, 0.4) is 0 Å². The van der Waals surface area contributed by atoms with Crippen LogP contribution in [0.25, 0.3) is 10.8 Å². The van der Waals surface area contributed by atoms with E-state index in [0.717, 1.165) is 35.3 Å². The topological polar surface area (TPSA) is 67.8 Å². The van der Waals surface area contributed by atoms with E-state index in [1.165, 1.54) is 21.9 Å². The Balaban J connectivity index is 1.51. The fourth-order valence-electron chi connectivity index (χ4n) is 6.81. The first-order valence-electron chi connectivity index (χ1n) is 16.8. The van der Waals surface area contributed by atoms with Gasteiger partial charge in [-0.15, -0.1) is 0 Å². The molecule has 4 atom stereocenters. The summed E-state index contributed by atoms with van der Waals surface area (Å²) in [6.45, 7) is 25.2. The third-order valence-corrected chi connectivity index (χ3v) is 15.0. The van der Waals surface area contributed by atoms with Crippen LogP contribution in [0.15, 0.2) is 41.6 Å². The van der Waals surface area contributed by atoms with Crippen LogP contribution in [-0.2, 0) is 17.6 Å². The molecule has 0 N–H and O–H groups in total. The molecule has 2 heterocycles. The molecule has 3 aromatic rings. The molecule has 1 saturated heterocycles. The Kier molecular flexibility index (Phi) is 9.52. The maximum Gasteiger partial charge on any atom is 0.410 e. The smallest absolute Gasteiger partial charge is 0.410 e. The molecule has 1 aromatic heterocycles. The lowest BCUT2D eigenvalue weighted by atomic mass is 9.74. The average Bonchev–Trinajstić information content (AvgIpc) is 2.94. The summed E-state index contributed by atoms with van der Waals surface area (Å²) in [5.74, 6) is 2.70. The number of hydrogen-bond acceptors (Lipinski definition) is 7. The summed E-state index contributed by atoms with van der Waals surface area (Å²) in [5, 5.41) is 3.44. The summed E-state index contributed by atoms with van der Waals surface area (Å²) >= 11 is 1.60. The first kappa shape index (κ1) is 34.5. The lowest BCUT2D eigenvalue weighted by molar-refractivity contribution is 0.0192. The Morgan fingerprint density at radius 1 is 0.957 bits per heavy atom. The standard InChI is InChI=1S/C37H54N4O3SSi/c1-23-17-31-32(20-29(23)30-19-27(44-46(11,12)37(7,8)9)18-26-15-13-14-16-28(26)30)38-34(45-10)39-33(31)41-24(2)21-40(22-25(41)3)35(42)43-36(4,5)6/h13-16,18-19,23-25,29H,17,20-22H2,1-12H3/t23?,24-,25-,29?/m0/s1. The third kappa shape index (κ3) is 7.05. The summed E-state index contributed by atoms with van der Waals surface area (Å²) in [7, 11) is -2.02. The number of amides is 1. The van der Waals surface area contributed by atoms with Gasteiger partial charge < -0.3 is 19.0 Å². The lowest BCUT2D eigenvalue weighted by Gasteiger charge is -2.46. The van der Waals surface area contributed by atoms with E-state index in [9.17, 15) is 4.79 Å². The molecule has 0 bridgehead atoms. The van der Waals surface area contributed by atoms with E-state index >= 15 is 0 Å². The van der Waals surface area contributed by atoms with Crippen molar-refractivity contribution in [3.8, 4) is 5.75 Å². The van der Waals surface area contributed by atoms with Gasteiger partial charge in [-0.1, -0.05) is 63.7 Å². The van der Waals surface area contributed by atoms with E-state index in [1.807, 2.05) is 25.7 Å². The number of ether oxygens (including phenoxy) is 1. The molecule has 2 aromatic carbocycles. The van der Waals surface area contributed by atoms with E-state index in [-0.39, 0.29) is 23.2 Å². The molecular formula is C37H54N4O3SSi. The largest absolute Gasteiger partial charge is 0.543 e. The van der Waals surface area contributed by atoms with Crippen molar-refractivity contribution in [1.82, 2.24) is 14.9 Å². The predicted molar refractivity (Wildman–Crippen MR) is 194 cm³/mol. The maximum atomic E-state index is 13.0. The Morgan fingerprint density at radius 2 is 1.61 bits per heavy atom. The van der Waals surface area contributed by atoms with E-state index in [4.69, 9.17) is 19.1 Å². The zero-order chi connectivity index (χ0) is 33.8. The minimum absolute atomic E-state index is 0.0890. The van der Waals surface area contributed by atoms with Crippen LogP contribution in [0, 0.1) is 5.92 Å². The molecular weight excluding hydrogens is 609 g/mol. The van der Waals surface area contributed by atoms with Gasteiger partial charge in [0, 0.05) is 30.7 Å². The Morgan fingerprint density at radius 3 is 2.22 bits per heavy atom. The van der Waals surface area contributed by atoms with Gasteiger partial charge in [0.15, 0.2) is 5.16 Å². The van der Waals surface area contributed by atoms with Gasteiger partial charge in [0.2, 0.25) is 8.32 Å². The van der Waals surface area contributed by atoms with Crippen molar-refractivity contribution in [2.45, 2.75) is 122 Å². The number of carbonyl (C=O) groups is 1. The Bertz CT molecular complexity index is 1590. The summed E-state index contributed by atoms with van der Waals surface area (Å²) < 4.78 is 12.6. The molecule has 2 aliphatic rings. The fourth-order valence-corrected chi connectivity index (χ4v) is 8.20. The van der Waals surface area contributed by atoms with Gasteiger partial charge in [0.1, 0.15) is 17.2 Å². The van der Waals surface area contributed by atoms with Crippen molar-refractivity contribution < 1.29 is 14.0 Å². The molecule has 5 rings (SSSR count). The molecule has 46 heavy (non-hydrogen) atoms. The van der Waals surface area contributed by atoms with Gasteiger partial charge in [-0.2, -0.15) is 0 Å². The number of rotatable bonds is 5. The number of aromatic nitrogens is 2. The van der Waals surface area contributed by atoms with E-state index < -0.39 is 13.9 Å². The molecule has 1 amide bonds. The number of fused-ring (bicyclic) bond motifs is 2. The Hall–Kier alpha value is -2.78. The molecule has 1 aliphatic heterocycles. The van der Waals surface area contributed by atoms with Crippen molar-refractivity contribution in [1.29, 1.82) is 0 Å². The number of hydrogen-bond donors (Lipinski definition) is 0. The highest BCUT2D eigenvalue weighted by atomic mass is 32.2. The molecule has 9 heteroatoms. The first-order chi connectivity index (χ1) is 21.4.